The van der Waals surface area contributed by atoms with Gasteiger partial charge in [-0.15, -0.1) is 0 Å². The highest BCUT2D eigenvalue weighted by molar-refractivity contribution is 6.30. The van der Waals surface area contributed by atoms with Gasteiger partial charge in [0, 0.05) is 17.3 Å². The third-order valence-electron chi connectivity index (χ3n) is 4.04. The molecule has 0 bridgehead atoms. The lowest BCUT2D eigenvalue weighted by molar-refractivity contribution is 0.0945. The largest absolute Gasteiger partial charge is 0.347 e. The normalized spacial score (nSPS) is 10.4. The number of rotatable bonds is 5. The summed E-state index contributed by atoms with van der Waals surface area (Å²) < 4.78 is 0. The molecule has 0 aliphatic heterocycles. The van der Waals surface area contributed by atoms with Crippen LogP contribution in [0.15, 0.2) is 54.9 Å². The summed E-state index contributed by atoms with van der Waals surface area (Å²) in [6.45, 7) is 4.42. The van der Waals surface area contributed by atoms with Crippen molar-refractivity contribution in [2.24, 2.45) is 0 Å². The van der Waals surface area contributed by atoms with Crippen LogP contribution >= 0.6 is 11.6 Å². The van der Waals surface area contributed by atoms with E-state index in [1.54, 1.807) is 6.07 Å². The molecular weight excluding hydrogens is 348 g/mol. The van der Waals surface area contributed by atoms with Gasteiger partial charge in [-0.25, -0.2) is 9.97 Å². The Morgan fingerprint density at radius 3 is 2.54 bits per heavy atom. The maximum absolute atomic E-state index is 12.2. The minimum Gasteiger partial charge on any atom is -0.347 e. The predicted molar refractivity (Wildman–Crippen MR) is 104 cm³/mol. The average Bonchev–Trinajstić information content (AvgIpc) is 2.64. The standard InChI is InChI=1S/C20H19ClN4O/c1-13-5-3-4-6-15(13)10-24-20(26)18-11-23-19(12-22-18)25-17-8-7-16(21)9-14(17)2/h3-9,11-12H,10H2,1-2H3,(H,23,25)(H,24,26). The number of halogens is 1. The molecule has 0 atom stereocenters. The van der Waals surface area contributed by atoms with Gasteiger partial charge in [0.05, 0.1) is 12.4 Å². The zero-order chi connectivity index (χ0) is 18.5. The number of nitrogens with one attached hydrogen (secondary N) is 2. The van der Waals surface area contributed by atoms with E-state index in [4.69, 9.17) is 11.6 Å². The molecule has 0 spiro atoms. The molecule has 0 aliphatic rings. The molecule has 1 aromatic heterocycles. The SMILES string of the molecule is Cc1ccccc1CNC(=O)c1cnc(Nc2ccc(Cl)cc2C)cn1. The van der Waals surface area contributed by atoms with Crippen LogP contribution in [0.4, 0.5) is 11.5 Å². The molecule has 26 heavy (non-hydrogen) atoms. The second-order valence-corrected chi connectivity index (χ2v) is 6.42. The molecule has 0 radical (unpaired) electrons. The fourth-order valence-electron chi connectivity index (χ4n) is 2.49. The Bertz CT molecular complexity index is 925. The Labute approximate surface area is 157 Å². The fourth-order valence-corrected chi connectivity index (χ4v) is 2.72. The van der Waals surface area contributed by atoms with E-state index in [1.807, 2.05) is 50.2 Å². The zero-order valence-corrected chi connectivity index (χ0v) is 15.3. The van der Waals surface area contributed by atoms with Gasteiger partial charge in [-0.05, 0) is 48.7 Å². The van der Waals surface area contributed by atoms with E-state index < -0.39 is 0 Å². The van der Waals surface area contributed by atoms with Crippen LogP contribution in [0.2, 0.25) is 5.02 Å². The van der Waals surface area contributed by atoms with Crippen LogP contribution in [0.25, 0.3) is 0 Å². The molecule has 132 valence electrons. The molecule has 6 heteroatoms. The topological polar surface area (TPSA) is 66.9 Å². The number of hydrogen-bond donors (Lipinski definition) is 2. The molecule has 2 N–H and O–H groups in total. The van der Waals surface area contributed by atoms with E-state index in [2.05, 4.69) is 20.6 Å². The Balaban J connectivity index is 1.63. The maximum Gasteiger partial charge on any atom is 0.271 e. The molecule has 0 aliphatic carbocycles. The van der Waals surface area contributed by atoms with Crippen LogP contribution in [0.3, 0.4) is 0 Å². The van der Waals surface area contributed by atoms with Gasteiger partial charge in [-0.1, -0.05) is 35.9 Å². The van der Waals surface area contributed by atoms with Crippen molar-refractivity contribution < 1.29 is 4.79 Å². The van der Waals surface area contributed by atoms with Gasteiger partial charge < -0.3 is 10.6 Å². The summed E-state index contributed by atoms with van der Waals surface area (Å²) in [6.07, 6.45) is 3.00. The molecule has 2 aromatic carbocycles. The Morgan fingerprint density at radius 2 is 1.85 bits per heavy atom. The first-order valence-electron chi connectivity index (χ1n) is 8.21. The van der Waals surface area contributed by atoms with E-state index >= 15 is 0 Å². The Kier molecular flexibility index (Phi) is 5.49. The van der Waals surface area contributed by atoms with Gasteiger partial charge in [0.2, 0.25) is 0 Å². The van der Waals surface area contributed by atoms with Crippen molar-refractivity contribution in [1.29, 1.82) is 0 Å². The number of anilines is 2. The highest BCUT2D eigenvalue weighted by atomic mass is 35.5. The number of aryl methyl sites for hydroxylation is 2. The molecule has 0 saturated heterocycles. The molecule has 3 rings (SSSR count). The number of amides is 1. The molecule has 0 unspecified atom stereocenters. The third-order valence-corrected chi connectivity index (χ3v) is 4.27. The molecule has 0 fully saturated rings. The van der Waals surface area contributed by atoms with Crippen molar-refractivity contribution in [1.82, 2.24) is 15.3 Å². The van der Waals surface area contributed by atoms with Crippen molar-refractivity contribution in [2.45, 2.75) is 20.4 Å². The number of carbonyl (C=O) groups is 1. The first kappa shape index (κ1) is 17.9. The smallest absolute Gasteiger partial charge is 0.271 e. The van der Waals surface area contributed by atoms with Crippen LogP contribution < -0.4 is 10.6 Å². The lowest BCUT2D eigenvalue weighted by Gasteiger charge is -2.10. The van der Waals surface area contributed by atoms with Crippen molar-refractivity contribution in [3.63, 3.8) is 0 Å². The summed E-state index contributed by atoms with van der Waals surface area (Å²) in [5.74, 6) is 0.306. The number of carbonyl (C=O) groups excluding carboxylic acids is 1. The lowest BCUT2D eigenvalue weighted by atomic mass is 10.1. The molecule has 5 nitrogen and oxygen atoms in total. The van der Waals surface area contributed by atoms with E-state index in [9.17, 15) is 4.79 Å². The van der Waals surface area contributed by atoms with Crippen LogP contribution in [0, 0.1) is 13.8 Å². The minimum absolute atomic E-state index is 0.255. The van der Waals surface area contributed by atoms with Gasteiger partial charge >= 0.3 is 0 Å². The predicted octanol–water partition coefficient (Wildman–Crippen LogP) is 4.42. The second-order valence-electron chi connectivity index (χ2n) is 5.98. The van der Waals surface area contributed by atoms with Crippen molar-refractivity contribution in [2.75, 3.05) is 5.32 Å². The van der Waals surface area contributed by atoms with Crippen molar-refractivity contribution in [3.05, 3.63) is 82.3 Å². The van der Waals surface area contributed by atoms with Crippen LogP contribution in [-0.4, -0.2) is 15.9 Å². The third kappa shape index (κ3) is 4.37. The highest BCUT2D eigenvalue weighted by Crippen LogP contribution is 2.22. The van der Waals surface area contributed by atoms with E-state index in [0.717, 1.165) is 22.4 Å². The molecule has 3 aromatic rings. The molecule has 1 amide bonds. The molecular formula is C20H19ClN4O. The second kappa shape index (κ2) is 7.97. The maximum atomic E-state index is 12.2. The molecule has 1 heterocycles. The summed E-state index contributed by atoms with van der Waals surface area (Å²) in [5.41, 5.74) is 4.37. The van der Waals surface area contributed by atoms with Crippen LogP contribution in [0.5, 0.6) is 0 Å². The number of benzene rings is 2. The van der Waals surface area contributed by atoms with Gasteiger partial charge in [0.15, 0.2) is 0 Å². The summed E-state index contributed by atoms with van der Waals surface area (Å²) in [7, 11) is 0. The molecule has 0 saturated carbocycles. The first-order chi connectivity index (χ1) is 12.5. The first-order valence-corrected chi connectivity index (χ1v) is 8.58. The minimum atomic E-state index is -0.255. The van der Waals surface area contributed by atoms with Crippen LogP contribution in [-0.2, 0) is 6.54 Å². The fraction of sp³-hybridized carbons (Fsp3) is 0.150. The van der Waals surface area contributed by atoms with Gasteiger partial charge in [0.1, 0.15) is 11.5 Å². The number of nitrogens with zero attached hydrogens (tertiary/aromatic N) is 2. The zero-order valence-electron chi connectivity index (χ0n) is 14.6. The van der Waals surface area contributed by atoms with E-state index in [1.165, 1.54) is 12.4 Å². The lowest BCUT2D eigenvalue weighted by Crippen LogP contribution is -2.24. The summed E-state index contributed by atoms with van der Waals surface area (Å²) in [4.78, 5) is 20.7. The van der Waals surface area contributed by atoms with E-state index in [-0.39, 0.29) is 11.6 Å². The summed E-state index contributed by atoms with van der Waals surface area (Å²) in [6, 6.07) is 13.5. The highest BCUT2D eigenvalue weighted by Gasteiger charge is 2.09. The quantitative estimate of drug-likeness (QED) is 0.701. The van der Waals surface area contributed by atoms with Crippen LogP contribution in [0.1, 0.15) is 27.2 Å². The van der Waals surface area contributed by atoms with E-state index in [0.29, 0.717) is 17.4 Å². The monoisotopic (exact) mass is 366 g/mol. The van der Waals surface area contributed by atoms with Gasteiger partial charge in [-0.3, -0.25) is 4.79 Å². The number of aromatic nitrogens is 2. The van der Waals surface area contributed by atoms with Crippen molar-refractivity contribution >= 4 is 29.0 Å². The summed E-state index contributed by atoms with van der Waals surface area (Å²) in [5, 5.41) is 6.71. The average molecular weight is 367 g/mol. The summed E-state index contributed by atoms with van der Waals surface area (Å²) >= 11 is 5.96. The van der Waals surface area contributed by atoms with Gasteiger partial charge in [0.25, 0.3) is 5.91 Å². The Morgan fingerprint density at radius 1 is 1.04 bits per heavy atom. The van der Waals surface area contributed by atoms with Crippen molar-refractivity contribution in [3.8, 4) is 0 Å². The van der Waals surface area contributed by atoms with Gasteiger partial charge in [-0.2, -0.15) is 0 Å². The number of hydrogen-bond acceptors (Lipinski definition) is 4. The Hall–Kier alpha value is -2.92.